The molecule has 4 rings (SSSR count). The third-order valence-corrected chi connectivity index (χ3v) is 6.21. The number of aromatic amines is 1. The topological polar surface area (TPSA) is 49.0 Å². The summed E-state index contributed by atoms with van der Waals surface area (Å²) in [7, 11) is 0. The van der Waals surface area contributed by atoms with E-state index in [0.717, 1.165) is 45.2 Å². The second kappa shape index (κ2) is 7.26. The molecule has 1 aliphatic carbocycles. The van der Waals surface area contributed by atoms with E-state index in [0.29, 0.717) is 5.69 Å². The van der Waals surface area contributed by atoms with Gasteiger partial charge >= 0.3 is 0 Å². The van der Waals surface area contributed by atoms with E-state index < -0.39 is 0 Å². The number of fused-ring (bicyclic) bond motifs is 1. The molecular formula is C22H29N3O. The molecule has 1 aromatic carbocycles. The van der Waals surface area contributed by atoms with Crippen molar-refractivity contribution < 1.29 is 4.79 Å². The fraction of sp³-hybridized carbons (Fsp3) is 0.545. The van der Waals surface area contributed by atoms with Gasteiger partial charge in [-0.1, -0.05) is 43.7 Å². The molecule has 1 unspecified atom stereocenters. The predicted octanol–water partition coefficient (Wildman–Crippen LogP) is 4.16. The van der Waals surface area contributed by atoms with Gasteiger partial charge in [-0.3, -0.25) is 9.89 Å². The Labute approximate surface area is 156 Å². The van der Waals surface area contributed by atoms with Crippen molar-refractivity contribution in [3.05, 3.63) is 52.8 Å². The first-order valence-electron chi connectivity index (χ1n) is 10.0. The number of carbonyl (C=O) groups excluding carboxylic acids is 1. The highest BCUT2D eigenvalue weighted by Gasteiger charge is 2.37. The molecule has 1 amide bonds. The number of nitrogens with one attached hydrogen (secondary N) is 1. The number of likely N-dealkylation sites (tertiary alicyclic amines) is 1. The molecule has 0 bridgehead atoms. The first kappa shape index (κ1) is 17.3. The van der Waals surface area contributed by atoms with Gasteiger partial charge in [-0.2, -0.15) is 5.10 Å². The minimum Gasteiger partial charge on any atom is -0.337 e. The van der Waals surface area contributed by atoms with Gasteiger partial charge in [-0.05, 0) is 55.9 Å². The Hall–Kier alpha value is -2.10. The third kappa shape index (κ3) is 3.55. The third-order valence-electron chi connectivity index (χ3n) is 6.21. The number of carbonyl (C=O) groups is 1. The van der Waals surface area contributed by atoms with Crippen LogP contribution in [0.3, 0.4) is 0 Å². The number of aromatic nitrogens is 2. The average Bonchev–Trinajstić information content (AvgIpc) is 3.17. The van der Waals surface area contributed by atoms with E-state index in [1.807, 2.05) is 4.90 Å². The van der Waals surface area contributed by atoms with Crippen LogP contribution in [0.15, 0.2) is 30.3 Å². The van der Waals surface area contributed by atoms with E-state index in [9.17, 15) is 4.79 Å². The fourth-order valence-corrected chi connectivity index (χ4v) is 4.48. The highest BCUT2D eigenvalue weighted by atomic mass is 16.2. The lowest BCUT2D eigenvalue weighted by Gasteiger charge is -2.24. The minimum atomic E-state index is 0.132. The molecule has 4 heteroatoms. The van der Waals surface area contributed by atoms with E-state index in [4.69, 9.17) is 0 Å². The lowest BCUT2D eigenvalue weighted by molar-refractivity contribution is 0.0766. The predicted molar refractivity (Wildman–Crippen MR) is 103 cm³/mol. The summed E-state index contributed by atoms with van der Waals surface area (Å²) in [5, 5.41) is 7.55. The largest absolute Gasteiger partial charge is 0.337 e. The zero-order chi connectivity index (χ0) is 18.0. The van der Waals surface area contributed by atoms with Crippen LogP contribution in [0, 0.1) is 5.41 Å². The first-order valence-corrected chi connectivity index (χ1v) is 10.0. The van der Waals surface area contributed by atoms with Crippen LogP contribution in [-0.4, -0.2) is 34.1 Å². The normalized spacial score (nSPS) is 22.9. The quantitative estimate of drug-likeness (QED) is 0.841. The molecule has 138 valence electrons. The minimum absolute atomic E-state index is 0.132. The van der Waals surface area contributed by atoms with Gasteiger partial charge in [0.15, 0.2) is 5.69 Å². The number of amides is 1. The van der Waals surface area contributed by atoms with Crippen molar-refractivity contribution >= 4 is 5.91 Å². The summed E-state index contributed by atoms with van der Waals surface area (Å²) in [6.45, 7) is 4.03. The van der Waals surface area contributed by atoms with Crippen molar-refractivity contribution in [2.45, 2.75) is 58.3 Å². The van der Waals surface area contributed by atoms with Crippen molar-refractivity contribution in [3.8, 4) is 0 Å². The van der Waals surface area contributed by atoms with Crippen LogP contribution in [0.1, 0.15) is 66.3 Å². The molecule has 1 atom stereocenters. The number of H-pyrrole nitrogens is 1. The smallest absolute Gasteiger partial charge is 0.274 e. The molecule has 2 aromatic rings. The van der Waals surface area contributed by atoms with Gasteiger partial charge in [0.1, 0.15) is 0 Å². The number of aryl methyl sites for hydroxylation is 2. The van der Waals surface area contributed by atoms with Crippen LogP contribution >= 0.6 is 0 Å². The Balaban J connectivity index is 1.42. The molecule has 1 N–H and O–H groups in total. The molecule has 2 aliphatic rings. The maximum absolute atomic E-state index is 13.1. The summed E-state index contributed by atoms with van der Waals surface area (Å²) < 4.78 is 0. The standard InChI is InChI=1S/C22H29N3O/c1-22(13-12-17-8-4-2-5-9-17)14-15-25(16-22)21(26)20-18-10-6-3-7-11-19(18)23-24-20/h2,4-5,8-9H,3,6-7,10-16H2,1H3,(H,23,24). The van der Waals surface area contributed by atoms with Crippen molar-refractivity contribution in [3.63, 3.8) is 0 Å². The van der Waals surface area contributed by atoms with Crippen LogP contribution in [0.4, 0.5) is 0 Å². The van der Waals surface area contributed by atoms with E-state index in [1.54, 1.807) is 0 Å². The Kier molecular flexibility index (Phi) is 4.84. The lowest BCUT2D eigenvalue weighted by atomic mass is 9.83. The molecule has 0 radical (unpaired) electrons. The molecule has 0 saturated carbocycles. The van der Waals surface area contributed by atoms with Gasteiger partial charge in [0.25, 0.3) is 5.91 Å². The number of nitrogens with zero attached hydrogens (tertiary/aromatic N) is 2. The monoisotopic (exact) mass is 351 g/mol. The van der Waals surface area contributed by atoms with Crippen molar-refractivity contribution in [1.82, 2.24) is 15.1 Å². The average molecular weight is 351 g/mol. The number of rotatable bonds is 4. The van der Waals surface area contributed by atoms with Crippen LogP contribution in [0.2, 0.25) is 0 Å². The highest BCUT2D eigenvalue weighted by Crippen LogP contribution is 2.35. The Morgan fingerprint density at radius 2 is 2.00 bits per heavy atom. The lowest BCUT2D eigenvalue weighted by Crippen LogP contribution is -2.32. The highest BCUT2D eigenvalue weighted by molar-refractivity contribution is 5.94. The summed E-state index contributed by atoms with van der Waals surface area (Å²) in [5.74, 6) is 0.132. The van der Waals surface area contributed by atoms with E-state index in [1.165, 1.54) is 36.1 Å². The molecule has 1 fully saturated rings. The SMILES string of the molecule is CC1(CCc2ccccc2)CCN(C(=O)c2n[nH]c3c2CCCCC3)C1. The molecule has 1 aliphatic heterocycles. The Bertz CT molecular complexity index is 767. The van der Waals surface area contributed by atoms with Gasteiger partial charge in [-0.25, -0.2) is 0 Å². The summed E-state index contributed by atoms with van der Waals surface area (Å²) in [6.07, 6.45) is 8.92. The second-order valence-corrected chi connectivity index (χ2v) is 8.36. The first-order chi connectivity index (χ1) is 12.6. The number of benzene rings is 1. The molecule has 26 heavy (non-hydrogen) atoms. The summed E-state index contributed by atoms with van der Waals surface area (Å²) in [5.41, 5.74) is 4.66. The van der Waals surface area contributed by atoms with Gasteiger partial charge in [0.05, 0.1) is 0 Å². The zero-order valence-electron chi connectivity index (χ0n) is 15.8. The van der Waals surface area contributed by atoms with Gasteiger partial charge in [0.2, 0.25) is 0 Å². The molecule has 1 saturated heterocycles. The van der Waals surface area contributed by atoms with E-state index >= 15 is 0 Å². The van der Waals surface area contributed by atoms with Crippen molar-refractivity contribution in [1.29, 1.82) is 0 Å². The second-order valence-electron chi connectivity index (χ2n) is 8.36. The zero-order valence-corrected chi connectivity index (χ0v) is 15.8. The number of hydrogen-bond donors (Lipinski definition) is 1. The molecule has 2 heterocycles. The molecule has 4 nitrogen and oxygen atoms in total. The van der Waals surface area contributed by atoms with Gasteiger partial charge < -0.3 is 4.90 Å². The molecule has 1 aromatic heterocycles. The molecular weight excluding hydrogens is 322 g/mol. The summed E-state index contributed by atoms with van der Waals surface area (Å²) in [6, 6.07) is 10.7. The Morgan fingerprint density at radius 3 is 2.85 bits per heavy atom. The fourth-order valence-electron chi connectivity index (χ4n) is 4.48. The van der Waals surface area contributed by atoms with Crippen molar-refractivity contribution in [2.24, 2.45) is 5.41 Å². The van der Waals surface area contributed by atoms with Crippen molar-refractivity contribution in [2.75, 3.05) is 13.1 Å². The van der Waals surface area contributed by atoms with Gasteiger partial charge in [0, 0.05) is 24.3 Å². The van der Waals surface area contributed by atoms with Gasteiger partial charge in [-0.15, -0.1) is 0 Å². The van der Waals surface area contributed by atoms with E-state index in [-0.39, 0.29) is 11.3 Å². The van der Waals surface area contributed by atoms with Crippen LogP contribution in [0.5, 0.6) is 0 Å². The van der Waals surface area contributed by atoms with Crippen LogP contribution < -0.4 is 0 Å². The maximum Gasteiger partial charge on any atom is 0.274 e. The summed E-state index contributed by atoms with van der Waals surface area (Å²) in [4.78, 5) is 15.1. The summed E-state index contributed by atoms with van der Waals surface area (Å²) >= 11 is 0. The van der Waals surface area contributed by atoms with Crippen LogP contribution in [0.25, 0.3) is 0 Å². The number of hydrogen-bond acceptors (Lipinski definition) is 2. The maximum atomic E-state index is 13.1. The molecule has 0 spiro atoms. The van der Waals surface area contributed by atoms with Crippen LogP contribution in [-0.2, 0) is 19.3 Å². The van der Waals surface area contributed by atoms with E-state index in [2.05, 4.69) is 47.5 Å². The Morgan fingerprint density at radius 1 is 1.19 bits per heavy atom.